The molecule has 2 N–H and O–H groups in total. The topological polar surface area (TPSA) is 140 Å². The minimum Gasteiger partial charge on any atom is -0.481 e. The number of methoxy groups -OCH3 is 1. The lowest BCUT2D eigenvalue weighted by atomic mass is 9.95. The molecule has 42 heavy (non-hydrogen) atoms. The number of ketones is 1. The van der Waals surface area contributed by atoms with Gasteiger partial charge in [0.1, 0.15) is 11.5 Å². The van der Waals surface area contributed by atoms with E-state index >= 15 is 0 Å². The maximum Gasteiger partial charge on any atom is 0.330 e. The number of nitrogens with zero attached hydrogens (tertiary/aromatic N) is 3. The van der Waals surface area contributed by atoms with Crippen LogP contribution in [-0.4, -0.2) is 77.5 Å². The Labute approximate surface area is 247 Å². The number of aromatic nitrogens is 2. The molecule has 2 aromatic heterocycles. The summed E-state index contributed by atoms with van der Waals surface area (Å²) in [6.07, 6.45) is 4.21. The van der Waals surface area contributed by atoms with E-state index in [1.54, 1.807) is 31.2 Å². The van der Waals surface area contributed by atoms with Gasteiger partial charge in [-0.05, 0) is 68.8 Å². The van der Waals surface area contributed by atoms with Gasteiger partial charge in [0, 0.05) is 23.4 Å². The second-order valence-corrected chi connectivity index (χ2v) is 10.9. The smallest absolute Gasteiger partial charge is 0.330 e. The number of anilines is 2. The number of fused-ring (bicyclic) bond motifs is 2. The van der Waals surface area contributed by atoms with Gasteiger partial charge in [0.15, 0.2) is 5.78 Å². The number of rotatable bonds is 9. The standard InChI is InChI=1S/C30H31N5O6S/c1-3-41-27(38)11-5-18-4-7-22(28-20(18)6-10-26(34-28)40-2)32-30(39)19-12-14-35(15-13-19)16-23(36)21-8-9-24-29(31-21)33-25(37)17-42-24/h4-11,19H,3,12-17H2,1-2H3,(H,32,39)(H,31,33,37)/b11-5+. The Hall–Kier alpha value is -4.29. The Morgan fingerprint density at radius 3 is 2.69 bits per heavy atom. The van der Waals surface area contributed by atoms with Crippen molar-refractivity contribution in [3.63, 3.8) is 0 Å². The van der Waals surface area contributed by atoms with E-state index in [0.29, 0.717) is 60.3 Å². The molecule has 3 aromatic rings. The maximum atomic E-state index is 13.3. The zero-order valence-electron chi connectivity index (χ0n) is 23.3. The van der Waals surface area contributed by atoms with Gasteiger partial charge < -0.3 is 20.1 Å². The molecule has 0 radical (unpaired) electrons. The van der Waals surface area contributed by atoms with Gasteiger partial charge in [-0.3, -0.25) is 19.3 Å². The van der Waals surface area contributed by atoms with Crippen molar-refractivity contribution in [1.82, 2.24) is 14.9 Å². The van der Waals surface area contributed by atoms with E-state index in [1.807, 2.05) is 23.1 Å². The first-order chi connectivity index (χ1) is 20.3. The van der Waals surface area contributed by atoms with Gasteiger partial charge in [-0.2, -0.15) is 0 Å². The summed E-state index contributed by atoms with van der Waals surface area (Å²) in [6.45, 7) is 3.40. The molecule has 0 atom stereocenters. The summed E-state index contributed by atoms with van der Waals surface area (Å²) in [4.78, 5) is 61.5. The summed E-state index contributed by atoms with van der Waals surface area (Å²) in [5.41, 5.74) is 2.15. The van der Waals surface area contributed by atoms with Crippen molar-refractivity contribution < 1.29 is 28.7 Å². The van der Waals surface area contributed by atoms with Crippen molar-refractivity contribution in [1.29, 1.82) is 0 Å². The van der Waals surface area contributed by atoms with Gasteiger partial charge in [0.05, 0.1) is 42.1 Å². The predicted molar refractivity (Wildman–Crippen MR) is 160 cm³/mol. The normalized spacial score (nSPS) is 15.7. The number of thioether (sulfide) groups is 1. The minimum absolute atomic E-state index is 0.119. The summed E-state index contributed by atoms with van der Waals surface area (Å²) >= 11 is 1.40. The average molecular weight is 590 g/mol. The number of hydrogen-bond donors (Lipinski definition) is 2. The lowest BCUT2D eigenvalue weighted by Gasteiger charge is -2.30. The SMILES string of the molecule is CCOC(=O)/C=C/c1ccc(NC(=O)C2CCN(CC(=O)c3ccc4c(n3)NC(=O)CS4)CC2)c2nc(OC)ccc12. The fraction of sp³-hybridized carbons (Fsp3) is 0.333. The Kier molecular flexibility index (Phi) is 9.13. The summed E-state index contributed by atoms with van der Waals surface area (Å²) in [5.74, 6) is 0.122. The van der Waals surface area contributed by atoms with Gasteiger partial charge >= 0.3 is 5.97 Å². The Balaban J connectivity index is 1.22. The van der Waals surface area contributed by atoms with E-state index in [4.69, 9.17) is 9.47 Å². The van der Waals surface area contributed by atoms with E-state index in [2.05, 4.69) is 20.6 Å². The molecule has 0 spiro atoms. The number of amides is 2. The number of piperidine rings is 1. The lowest BCUT2D eigenvalue weighted by Crippen LogP contribution is -2.40. The molecule has 2 aliphatic rings. The monoisotopic (exact) mass is 589 g/mol. The first kappa shape index (κ1) is 29.2. The summed E-state index contributed by atoms with van der Waals surface area (Å²) in [5, 5.41) is 6.49. The first-order valence-corrected chi connectivity index (χ1v) is 14.7. The molecule has 0 bridgehead atoms. The van der Waals surface area contributed by atoms with Crippen molar-refractivity contribution in [2.24, 2.45) is 5.92 Å². The second-order valence-electron chi connectivity index (χ2n) is 9.88. The number of likely N-dealkylation sites (tertiary alicyclic amines) is 1. The maximum absolute atomic E-state index is 13.3. The van der Waals surface area contributed by atoms with Crippen molar-refractivity contribution >= 4 is 63.8 Å². The van der Waals surface area contributed by atoms with Gasteiger partial charge in [-0.1, -0.05) is 6.07 Å². The van der Waals surface area contributed by atoms with Crippen molar-refractivity contribution in [3.8, 4) is 5.88 Å². The molecule has 4 heterocycles. The van der Waals surface area contributed by atoms with Crippen LogP contribution >= 0.6 is 11.8 Å². The highest BCUT2D eigenvalue weighted by Gasteiger charge is 2.27. The highest BCUT2D eigenvalue weighted by molar-refractivity contribution is 8.00. The lowest BCUT2D eigenvalue weighted by molar-refractivity contribution is -0.137. The van der Waals surface area contributed by atoms with Crippen LogP contribution in [0.4, 0.5) is 11.5 Å². The van der Waals surface area contributed by atoms with Crippen LogP contribution in [-0.2, 0) is 19.1 Å². The van der Waals surface area contributed by atoms with Crippen LogP contribution in [0.1, 0.15) is 35.8 Å². The van der Waals surface area contributed by atoms with Crippen LogP contribution in [0.15, 0.2) is 47.4 Å². The number of carbonyl (C=O) groups excluding carboxylic acids is 4. The number of hydrogen-bond acceptors (Lipinski definition) is 10. The van der Waals surface area contributed by atoms with Crippen LogP contribution in [0.3, 0.4) is 0 Å². The number of carbonyl (C=O) groups is 4. The summed E-state index contributed by atoms with van der Waals surface area (Å²) in [7, 11) is 1.52. The molecule has 1 aromatic carbocycles. The number of pyridine rings is 2. The van der Waals surface area contributed by atoms with Crippen LogP contribution in [0.25, 0.3) is 17.0 Å². The third kappa shape index (κ3) is 6.77. The summed E-state index contributed by atoms with van der Waals surface area (Å²) in [6, 6.07) is 10.6. The zero-order chi connectivity index (χ0) is 29.6. The van der Waals surface area contributed by atoms with E-state index in [1.165, 1.54) is 24.9 Å². The van der Waals surface area contributed by atoms with Crippen LogP contribution in [0.2, 0.25) is 0 Å². The molecule has 0 aliphatic carbocycles. The third-order valence-electron chi connectivity index (χ3n) is 7.10. The van der Waals surface area contributed by atoms with E-state index in [9.17, 15) is 19.2 Å². The molecule has 5 rings (SSSR count). The third-order valence-corrected chi connectivity index (χ3v) is 8.15. The highest BCUT2D eigenvalue weighted by Crippen LogP contribution is 2.31. The Bertz CT molecular complexity index is 1570. The van der Waals surface area contributed by atoms with E-state index in [0.717, 1.165) is 15.8 Å². The quantitative estimate of drug-likeness (QED) is 0.215. The molecule has 0 saturated carbocycles. The molecular formula is C30H31N5O6S. The van der Waals surface area contributed by atoms with Crippen LogP contribution in [0, 0.1) is 5.92 Å². The molecule has 2 amide bonds. The Morgan fingerprint density at radius 2 is 1.93 bits per heavy atom. The van der Waals surface area contributed by atoms with Crippen LogP contribution in [0.5, 0.6) is 5.88 Å². The minimum atomic E-state index is -0.441. The average Bonchev–Trinajstić information content (AvgIpc) is 3.00. The van der Waals surface area contributed by atoms with E-state index < -0.39 is 5.97 Å². The van der Waals surface area contributed by atoms with Gasteiger partial charge in [-0.15, -0.1) is 11.8 Å². The second kappa shape index (κ2) is 13.1. The molecule has 1 saturated heterocycles. The molecule has 218 valence electrons. The van der Waals surface area contributed by atoms with Gasteiger partial charge in [0.2, 0.25) is 17.7 Å². The van der Waals surface area contributed by atoms with Crippen molar-refractivity contribution in [2.75, 3.05) is 49.7 Å². The fourth-order valence-corrected chi connectivity index (χ4v) is 5.68. The van der Waals surface area contributed by atoms with Crippen LogP contribution < -0.4 is 15.4 Å². The molecule has 0 unspecified atom stereocenters. The van der Waals surface area contributed by atoms with Crippen molar-refractivity contribution in [2.45, 2.75) is 24.7 Å². The van der Waals surface area contributed by atoms with Gasteiger partial charge in [-0.25, -0.2) is 14.8 Å². The largest absolute Gasteiger partial charge is 0.481 e. The molecule has 12 heteroatoms. The number of nitrogens with one attached hydrogen (secondary N) is 2. The number of benzene rings is 1. The number of esters is 1. The molecule has 11 nitrogen and oxygen atoms in total. The van der Waals surface area contributed by atoms with Crippen molar-refractivity contribution in [3.05, 3.63) is 53.7 Å². The molecular weight excluding hydrogens is 558 g/mol. The molecule has 1 fully saturated rings. The number of Topliss-reactive ketones (excluding diaryl/α,β-unsaturated/α-hetero) is 1. The van der Waals surface area contributed by atoms with E-state index in [-0.39, 0.29) is 36.7 Å². The summed E-state index contributed by atoms with van der Waals surface area (Å²) < 4.78 is 10.3. The highest BCUT2D eigenvalue weighted by atomic mass is 32.2. The number of ether oxygens (including phenoxy) is 2. The zero-order valence-corrected chi connectivity index (χ0v) is 24.2. The van der Waals surface area contributed by atoms with Gasteiger partial charge in [0.25, 0.3) is 0 Å². The molecule has 2 aliphatic heterocycles. The first-order valence-electron chi connectivity index (χ1n) is 13.7. The fourth-order valence-electron chi connectivity index (χ4n) is 4.92. The predicted octanol–water partition coefficient (Wildman–Crippen LogP) is 3.79. The Morgan fingerprint density at radius 1 is 1.12 bits per heavy atom.